The van der Waals surface area contributed by atoms with Crippen LogP contribution in [0.3, 0.4) is 0 Å². The molecule has 0 bridgehead atoms. The van der Waals surface area contributed by atoms with E-state index in [2.05, 4.69) is 15.3 Å². The summed E-state index contributed by atoms with van der Waals surface area (Å²) >= 11 is 0. The van der Waals surface area contributed by atoms with Gasteiger partial charge in [-0.1, -0.05) is 20.8 Å². The third-order valence-corrected chi connectivity index (χ3v) is 3.97. The van der Waals surface area contributed by atoms with E-state index in [-0.39, 0.29) is 81.7 Å². The van der Waals surface area contributed by atoms with Gasteiger partial charge in [-0.3, -0.25) is 9.78 Å². The first kappa shape index (κ1) is 19.4. The van der Waals surface area contributed by atoms with E-state index in [4.69, 9.17) is 0 Å². The van der Waals surface area contributed by atoms with Crippen molar-refractivity contribution in [2.75, 3.05) is 0 Å². The molecular formula is C15H20KN3O3. The topological polar surface area (TPSA) is 91.7 Å². The number of hydrogen-bond donors (Lipinski definition) is 2. The van der Waals surface area contributed by atoms with Crippen LogP contribution in [-0.2, 0) is 11.2 Å². The van der Waals surface area contributed by atoms with Crippen molar-refractivity contribution in [1.29, 1.82) is 0 Å². The maximum Gasteiger partial charge on any atom is 1.00 e. The number of amidine groups is 1. The molecule has 1 unspecified atom stereocenters. The summed E-state index contributed by atoms with van der Waals surface area (Å²) in [7, 11) is 0. The third kappa shape index (κ3) is 3.49. The fourth-order valence-electron chi connectivity index (χ4n) is 2.10. The molecule has 0 saturated carbocycles. The minimum atomic E-state index is -1.08. The minimum absolute atomic E-state index is 0. The molecule has 2 N–H and O–H groups in total. The molecule has 1 aliphatic rings. The summed E-state index contributed by atoms with van der Waals surface area (Å²) in [6, 6.07) is 1.57. The normalized spacial score (nSPS) is 20.4. The number of pyridine rings is 1. The number of aromatic carboxylic acids is 1. The van der Waals surface area contributed by atoms with E-state index in [1.807, 2.05) is 20.8 Å². The van der Waals surface area contributed by atoms with Crippen LogP contribution in [-0.4, -0.2) is 33.3 Å². The molecule has 0 aliphatic carbocycles. The summed E-state index contributed by atoms with van der Waals surface area (Å²) in [5.41, 5.74) is 0.197. The minimum Gasteiger partial charge on any atom is -1.00 e. The zero-order valence-corrected chi connectivity index (χ0v) is 16.7. The Kier molecular flexibility index (Phi) is 6.46. The molecule has 1 aromatic heterocycles. The van der Waals surface area contributed by atoms with E-state index < -0.39 is 11.5 Å². The molecule has 1 aliphatic heterocycles. The largest absolute Gasteiger partial charge is 1.00 e. The summed E-state index contributed by atoms with van der Waals surface area (Å²) in [5.74, 6) is -1.08. The number of nitrogens with zero attached hydrogens (tertiary/aromatic N) is 2. The molecule has 114 valence electrons. The first-order valence-electron chi connectivity index (χ1n) is 6.93. The molecule has 0 aromatic carbocycles. The second kappa shape index (κ2) is 7.31. The average molecular weight is 329 g/mol. The number of carbonyl (C=O) groups is 2. The molecule has 7 heteroatoms. The van der Waals surface area contributed by atoms with Crippen molar-refractivity contribution in [2.24, 2.45) is 10.9 Å². The molecule has 6 nitrogen and oxygen atoms in total. The SMILES string of the molecule is CCc1cnc(C2=NC(C)(C(C)C)C(=O)N2)c(C(=O)O)c1.[H-].[K+]. The van der Waals surface area contributed by atoms with E-state index >= 15 is 0 Å². The Morgan fingerprint density at radius 2 is 2.14 bits per heavy atom. The number of carbonyl (C=O) groups excluding carboxylic acids is 1. The Labute approximate surface area is 173 Å². The van der Waals surface area contributed by atoms with Crippen LogP contribution in [0, 0.1) is 5.92 Å². The van der Waals surface area contributed by atoms with Gasteiger partial charge >= 0.3 is 57.4 Å². The van der Waals surface area contributed by atoms with Gasteiger partial charge in [-0.2, -0.15) is 0 Å². The van der Waals surface area contributed by atoms with Crippen LogP contribution in [0.25, 0.3) is 0 Å². The summed E-state index contributed by atoms with van der Waals surface area (Å²) in [5, 5.41) is 12.0. The van der Waals surface area contributed by atoms with Gasteiger partial charge in [0.2, 0.25) is 0 Å². The molecule has 1 atom stereocenters. The van der Waals surface area contributed by atoms with E-state index in [1.54, 1.807) is 19.2 Å². The van der Waals surface area contributed by atoms with Gasteiger partial charge in [0.05, 0.1) is 5.56 Å². The van der Waals surface area contributed by atoms with Crippen molar-refractivity contribution >= 4 is 17.7 Å². The number of rotatable bonds is 4. The summed E-state index contributed by atoms with van der Waals surface area (Å²) < 4.78 is 0. The second-order valence-corrected chi connectivity index (χ2v) is 5.62. The number of carboxylic acid groups (broad SMARTS) is 1. The Morgan fingerprint density at radius 3 is 2.59 bits per heavy atom. The van der Waals surface area contributed by atoms with Crippen LogP contribution < -0.4 is 56.7 Å². The van der Waals surface area contributed by atoms with Crippen molar-refractivity contribution in [2.45, 2.75) is 39.7 Å². The molecule has 2 heterocycles. The van der Waals surface area contributed by atoms with Crippen LogP contribution in [0.2, 0.25) is 0 Å². The predicted molar refractivity (Wildman–Crippen MR) is 79.6 cm³/mol. The first-order valence-corrected chi connectivity index (χ1v) is 6.93. The van der Waals surface area contributed by atoms with Gasteiger partial charge in [0, 0.05) is 6.20 Å². The molecule has 0 fully saturated rings. The van der Waals surface area contributed by atoms with Crippen molar-refractivity contribution in [3.63, 3.8) is 0 Å². The number of amides is 1. The van der Waals surface area contributed by atoms with Gasteiger partial charge in [-0.15, -0.1) is 0 Å². The first-order chi connectivity index (χ1) is 9.79. The fraction of sp³-hybridized carbons (Fsp3) is 0.467. The van der Waals surface area contributed by atoms with Gasteiger partial charge in [0.1, 0.15) is 11.2 Å². The van der Waals surface area contributed by atoms with Crippen LogP contribution in [0.4, 0.5) is 0 Å². The van der Waals surface area contributed by atoms with E-state index in [0.717, 1.165) is 5.56 Å². The number of aromatic nitrogens is 1. The second-order valence-electron chi connectivity index (χ2n) is 5.62. The molecule has 1 amide bonds. The van der Waals surface area contributed by atoms with Crippen molar-refractivity contribution in [3.05, 3.63) is 29.1 Å². The number of nitrogens with one attached hydrogen (secondary N) is 1. The Balaban J connectivity index is 0.00000242. The molecule has 1 aromatic rings. The summed E-state index contributed by atoms with van der Waals surface area (Å²) in [4.78, 5) is 32.1. The summed E-state index contributed by atoms with van der Waals surface area (Å²) in [6.45, 7) is 7.46. The predicted octanol–water partition coefficient (Wildman–Crippen LogP) is -1.25. The van der Waals surface area contributed by atoms with Gasteiger partial charge in [-0.05, 0) is 30.9 Å². The van der Waals surface area contributed by atoms with Crippen molar-refractivity contribution in [1.82, 2.24) is 10.3 Å². The van der Waals surface area contributed by atoms with Crippen LogP contribution >= 0.6 is 0 Å². The fourth-order valence-corrected chi connectivity index (χ4v) is 2.10. The molecule has 2 rings (SSSR count). The van der Waals surface area contributed by atoms with Crippen LogP contribution in [0.15, 0.2) is 17.3 Å². The quantitative estimate of drug-likeness (QED) is 0.675. The molecule has 0 spiro atoms. The Bertz CT molecular complexity index is 649. The van der Waals surface area contributed by atoms with E-state index in [0.29, 0.717) is 6.42 Å². The number of aryl methyl sites for hydroxylation is 1. The monoisotopic (exact) mass is 329 g/mol. The zero-order valence-electron chi connectivity index (χ0n) is 14.6. The van der Waals surface area contributed by atoms with Gasteiger partial charge < -0.3 is 11.8 Å². The Morgan fingerprint density at radius 1 is 1.50 bits per heavy atom. The molecule has 22 heavy (non-hydrogen) atoms. The smallest absolute Gasteiger partial charge is 1.00 e. The van der Waals surface area contributed by atoms with Crippen LogP contribution in [0.5, 0.6) is 0 Å². The van der Waals surface area contributed by atoms with Crippen LogP contribution in [0.1, 0.15) is 50.7 Å². The molecular weight excluding hydrogens is 309 g/mol. The summed E-state index contributed by atoms with van der Waals surface area (Å²) in [6.07, 6.45) is 2.30. The third-order valence-electron chi connectivity index (χ3n) is 3.97. The molecule has 0 radical (unpaired) electrons. The van der Waals surface area contributed by atoms with Gasteiger partial charge in [0.25, 0.3) is 5.91 Å². The van der Waals surface area contributed by atoms with Crippen molar-refractivity contribution < 1.29 is 67.5 Å². The van der Waals surface area contributed by atoms with Gasteiger partial charge in [-0.25, -0.2) is 9.79 Å². The zero-order chi connectivity index (χ0) is 15.8. The molecule has 0 saturated heterocycles. The van der Waals surface area contributed by atoms with E-state index in [1.165, 1.54) is 0 Å². The van der Waals surface area contributed by atoms with Crippen molar-refractivity contribution in [3.8, 4) is 0 Å². The number of hydrogen-bond acceptors (Lipinski definition) is 4. The average Bonchev–Trinajstić information content (AvgIpc) is 2.75. The standard InChI is InChI=1S/C15H19N3O3.K.H/c1-5-9-6-10(13(19)20)11(16-7-9)12-17-14(21)15(4,18-12)8(2)3;;/h6-8H,5H2,1-4H3,(H,19,20)(H,17,18,21);;/q;+1;-1. The number of carboxylic acids is 1. The maximum absolute atomic E-state index is 12.1. The number of aliphatic imine (C=N–C) groups is 1. The maximum atomic E-state index is 12.1. The van der Waals surface area contributed by atoms with E-state index in [9.17, 15) is 14.7 Å². The Hall–Kier alpha value is -0.604. The van der Waals surface area contributed by atoms with Gasteiger partial charge in [0.15, 0.2) is 5.84 Å².